The van der Waals surface area contributed by atoms with Crippen LogP contribution in [-0.4, -0.2) is 34.0 Å². The number of ether oxygens (including phenoxy) is 1. The summed E-state index contributed by atoms with van der Waals surface area (Å²) in [6, 6.07) is 10.4. The van der Waals surface area contributed by atoms with Crippen LogP contribution in [0.15, 0.2) is 42.6 Å². The van der Waals surface area contributed by atoms with Crippen molar-refractivity contribution in [2.45, 2.75) is 50.3 Å². The van der Waals surface area contributed by atoms with Crippen LogP contribution in [0.5, 0.6) is 5.88 Å². The van der Waals surface area contributed by atoms with E-state index in [1.54, 1.807) is 18.3 Å². The second-order valence-corrected chi connectivity index (χ2v) is 7.35. The van der Waals surface area contributed by atoms with Gasteiger partial charge in [-0.1, -0.05) is 23.7 Å². The van der Waals surface area contributed by atoms with Gasteiger partial charge in [-0.2, -0.15) is 0 Å². The fourth-order valence-electron chi connectivity index (χ4n) is 4.16. The number of rotatable bonds is 4. The SMILES string of the molecule is O=C(Cc1c(F)cccc1Cl)N1[C@H]2CC[C@H]1CC(Oc1ccccn1)C2. The molecule has 0 saturated carbocycles. The van der Waals surface area contributed by atoms with Gasteiger partial charge in [-0.3, -0.25) is 4.79 Å². The molecule has 26 heavy (non-hydrogen) atoms. The Morgan fingerprint density at radius 3 is 2.62 bits per heavy atom. The van der Waals surface area contributed by atoms with Gasteiger partial charge in [0.15, 0.2) is 0 Å². The highest BCUT2D eigenvalue weighted by Crippen LogP contribution is 2.37. The predicted molar refractivity (Wildman–Crippen MR) is 96.7 cm³/mol. The van der Waals surface area contributed by atoms with E-state index in [-0.39, 0.29) is 36.1 Å². The number of pyridine rings is 1. The molecule has 1 aromatic heterocycles. The molecule has 2 fully saturated rings. The number of fused-ring (bicyclic) bond motifs is 2. The molecule has 0 spiro atoms. The minimum Gasteiger partial charge on any atom is -0.474 e. The summed E-state index contributed by atoms with van der Waals surface area (Å²) in [6.45, 7) is 0. The molecule has 136 valence electrons. The first-order valence-corrected chi connectivity index (χ1v) is 9.31. The molecule has 0 unspecified atom stereocenters. The quantitative estimate of drug-likeness (QED) is 0.811. The Kier molecular flexibility index (Phi) is 4.81. The molecule has 1 aromatic carbocycles. The molecular weight excluding hydrogens is 355 g/mol. The first kappa shape index (κ1) is 17.3. The third kappa shape index (κ3) is 3.40. The van der Waals surface area contributed by atoms with Gasteiger partial charge in [0.2, 0.25) is 11.8 Å². The van der Waals surface area contributed by atoms with Crippen molar-refractivity contribution in [3.63, 3.8) is 0 Å². The zero-order chi connectivity index (χ0) is 18.1. The van der Waals surface area contributed by atoms with Crippen molar-refractivity contribution >= 4 is 17.5 Å². The van der Waals surface area contributed by atoms with Crippen LogP contribution in [0.3, 0.4) is 0 Å². The van der Waals surface area contributed by atoms with E-state index in [0.29, 0.717) is 10.9 Å². The number of halogens is 2. The highest BCUT2D eigenvalue weighted by atomic mass is 35.5. The van der Waals surface area contributed by atoms with E-state index in [0.717, 1.165) is 25.7 Å². The van der Waals surface area contributed by atoms with Crippen LogP contribution in [-0.2, 0) is 11.2 Å². The molecule has 2 bridgehead atoms. The zero-order valence-corrected chi connectivity index (χ0v) is 15.0. The fourth-order valence-corrected chi connectivity index (χ4v) is 4.39. The molecular formula is C20H20ClFN2O2. The van der Waals surface area contributed by atoms with Crippen LogP contribution in [0, 0.1) is 5.82 Å². The summed E-state index contributed by atoms with van der Waals surface area (Å²) in [5, 5.41) is 0.305. The Hall–Kier alpha value is -2.14. The number of carbonyl (C=O) groups excluding carboxylic acids is 1. The summed E-state index contributed by atoms with van der Waals surface area (Å²) < 4.78 is 20.0. The summed E-state index contributed by atoms with van der Waals surface area (Å²) in [5.41, 5.74) is 0.283. The largest absolute Gasteiger partial charge is 0.474 e. The maximum atomic E-state index is 14.0. The highest BCUT2D eigenvalue weighted by molar-refractivity contribution is 6.31. The van der Waals surface area contributed by atoms with Gasteiger partial charge < -0.3 is 9.64 Å². The summed E-state index contributed by atoms with van der Waals surface area (Å²) in [5.74, 6) is 0.141. The number of carbonyl (C=O) groups is 1. The molecule has 3 heterocycles. The summed E-state index contributed by atoms with van der Waals surface area (Å²) in [6.07, 6.45) is 5.26. The van der Waals surface area contributed by atoms with Crippen LogP contribution < -0.4 is 4.74 Å². The van der Waals surface area contributed by atoms with Crippen LogP contribution in [0.2, 0.25) is 5.02 Å². The minimum atomic E-state index is -0.424. The van der Waals surface area contributed by atoms with Gasteiger partial charge >= 0.3 is 0 Å². The van der Waals surface area contributed by atoms with Crippen LogP contribution in [0.4, 0.5) is 4.39 Å². The lowest BCUT2D eigenvalue weighted by Gasteiger charge is -2.39. The summed E-state index contributed by atoms with van der Waals surface area (Å²) in [4.78, 5) is 19.0. The standard InChI is InChI=1S/C20H20ClFN2O2/c21-17-4-3-5-18(22)16(17)12-20(25)24-13-7-8-14(24)11-15(10-13)26-19-6-1-2-9-23-19/h1-6,9,13-15H,7-8,10-12H2/t13-,14-/m0/s1. The number of hydrogen-bond donors (Lipinski definition) is 0. The van der Waals surface area contributed by atoms with Gasteiger partial charge in [0.25, 0.3) is 0 Å². The number of hydrogen-bond acceptors (Lipinski definition) is 3. The van der Waals surface area contributed by atoms with Crippen LogP contribution in [0.25, 0.3) is 0 Å². The van der Waals surface area contributed by atoms with Crippen molar-refractivity contribution in [1.29, 1.82) is 0 Å². The van der Waals surface area contributed by atoms with Gasteiger partial charge in [-0.25, -0.2) is 9.37 Å². The van der Waals surface area contributed by atoms with E-state index < -0.39 is 5.82 Å². The molecule has 6 heteroatoms. The average Bonchev–Trinajstić information content (AvgIpc) is 2.90. The smallest absolute Gasteiger partial charge is 0.227 e. The Bertz CT molecular complexity index is 767. The molecule has 4 nitrogen and oxygen atoms in total. The Morgan fingerprint density at radius 1 is 1.19 bits per heavy atom. The van der Waals surface area contributed by atoms with Gasteiger partial charge in [-0.05, 0) is 31.0 Å². The number of amides is 1. The van der Waals surface area contributed by atoms with Gasteiger partial charge in [0.1, 0.15) is 11.9 Å². The number of piperidine rings is 1. The molecule has 2 aliphatic heterocycles. The topological polar surface area (TPSA) is 42.4 Å². The van der Waals surface area contributed by atoms with Crippen molar-refractivity contribution < 1.29 is 13.9 Å². The fraction of sp³-hybridized carbons (Fsp3) is 0.400. The maximum absolute atomic E-state index is 14.0. The van der Waals surface area contributed by atoms with E-state index in [4.69, 9.17) is 16.3 Å². The normalized spacial score (nSPS) is 24.5. The molecule has 2 saturated heterocycles. The molecule has 2 aliphatic rings. The lowest BCUT2D eigenvalue weighted by Crippen LogP contribution is -2.49. The van der Waals surface area contributed by atoms with E-state index in [9.17, 15) is 9.18 Å². The molecule has 0 aliphatic carbocycles. The molecule has 0 radical (unpaired) electrons. The van der Waals surface area contributed by atoms with Crippen molar-refractivity contribution in [3.05, 3.63) is 59.0 Å². The lowest BCUT2D eigenvalue weighted by atomic mass is 9.98. The van der Waals surface area contributed by atoms with E-state index in [1.807, 2.05) is 23.1 Å². The third-order valence-electron chi connectivity index (χ3n) is 5.29. The molecule has 2 aromatic rings. The van der Waals surface area contributed by atoms with Gasteiger partial charge in [-0.15, -0.1) is 0 Å². The Morgan fingerprint density at radius 2 is 1.96 bits per heavy atom. The Labute approximate surface area is 156 Å². The minimum absolute atomic E-state index is 0.00424. The molecule has 1 amide bonds. The van der Waals surface area contributed by atoms with Crippen LogP contribution >= 0.6 is 11.6 Å². The van der Waals surface area contributed by atoms with Crippen molar-refractivity contribution in [2.75, 3.05) is 0 Å². The first-order chi connectivity index (χ1) is 12.6. The average molecular weight is 375 g/mol. The van der Waals surface area contributed by atoms with E-state index in [2.05, 4.69) is 4.98 Å². The predicted octanol–water partition coefficient (Wildman–Crippen LogP) is 4.02. The van der Waals surface area contributed by atoms with Crippen molar-refractivity contribution in [2.24, 2.45) is 0 Å². The highest BCUT2D eigenvalue weighted by Gasteiger charge is 2.44. The lowest BCUT2D eigenvalue weighted by molar-refractivity contribution is -0.136. The monoisotopic (exact) mass is 374 g/mol. The van der Waals surface area contributed by atoms with E-state index >= 15 is 0 Å². The van der Waals surface area contributed by atoms with Crippen LogP contribution in [0.1, 0.15) is 31.2 Å². The number of benzene rings is 1. The number of aromatic nitrogens is 1. The van der Waals surface area contributed by atoms with Gasteiger partial charge in [0, 0.05) is 47.8 Å². The zero-order valence-electron chi connectivity index (χ0n) is 14.3. The van der Waals surface area contributed by atoms with Crippen molar-refractivity contribution in [1.82, 2.24) is 9.88 Å². The van der Waals surface area contributed by atoms with Crippen molar-refractivity contribution in [3.8, 4) is 5.88 Å². The maximum Gasteiger partial charge on any atom is 0.227 e. The third-order valence-corrected chi connectivity index (χ3v) is 5.65. The Balaban J connectivity index is 1.44. The number of nitrogens with zero attached hydrogens (tertiary/aromatic N) is 2. The summed E-state index contributed by atoms with van der Waals surface area (Å²) in [7, 11) is 0. The first-order valence-electron chi connectivity index (χ1n) is 8.93. The van der Waals surface area contributed by atoms with Gasteiger partial charge in [0.05, 0.1) is 6.42 Å². The molecule has 0 N–H and O–H groups in total. The van der Waals surface area contributed by atoms with E-state index in [1.165, 1.54) is 6.07 Å². The summed E-state index contributed by atoms with van der Waals surface area (Å²) >= 11 is 6.08. The molecule has 2 atom stereocenters. The second-order valence-electron chi connectivity index (χ2n) is 6.94. The molecule has 4 rings (SSSR count). The second kappa shape index (κ2) is 7.23.